The van der Waals surface area contributed by atoms with Gasteiger partial charge in [-0.1, -0.05) is 17.8 Å². The summed E-state index contributed by atoms with van der Waals surface area (Å²) in [6.07, 6.45) is 2.71. The van der Waals surface area contributed by atoms with Gasteiger partial charge in [0, 0.05) is 11.8 Å². The zero-order chi connectivity index (χ0) is 26.7. The van der Waals surface area contributed by atoms with Crippen LogP contribution in [-0.2, 0) is 33.8 Å². The molecule has 14 heteroatoms. The zero-order valence-corrected chi connectivity index (χ0v) is 19.9. The molecule has 0 aliphatic carbocycles. The molecule has 0 amide bonds. The fourth-order valence-electron chi connectivity index (χ4n) is 4.39. The molecule has 1 aliphatic rings. The second-order valence-corrected chi connectivity index (χ2v) is 10.2. The quantitative estimate of drug-likeness (QED) is 0.286. The standard InChI is InChI=1S/C23H18F4N4O5S/c1-3-35-11-12-7-13(19-14(24)5-4-6-15(19)25)20-16(8-12)36-28-21(20)31-10-18-23(26,27)17(29-37(2,33)34)9-30(18)22(31)32/h3-8,10,17,29H,1,9,11H2,2H3/t17-/m1/s1. The van der Waals surface area contributed by atoms with Gasteiger partial charge in [-0.05, 0) is 29.8 Å². The lowest BCUT2D eigenvalue weighted by Gasteiger charge is -2.18. The van der Waals surface area contributed by atoms with E-state index in [9.17, 15) is 22.0 Å². The molecular weight excluding hydrogens is 520 g/mol. The predicted octanol–water partition coefficient (Wildman–Crippen LogP) is 3.41. The van der Waals surface area contributed by atoms with Crippen molar-refractivity contribution < 1.29 is 35.2 Å². The van der Waals surface area contributed by atoms with Gasteiger partial charge < -0.3 is 9.26 Å². The Morgan fingerprint density at radius 3 is 2.62 bits per heavy atom. The third-order valence-corrected chi connectivity index (χ3v) is 6.64. The Hall–Kier alpha value is -3.91. The van der Waals surface area contributed by atoms with Crippen molar-refractivity contribution in [2.75, 3.05) is 6.26 Å². The van der Waals surface area contributed by atoms with E-state index in [0.29, 0.717) is 10.1 Å². The number of fused-ring (bicyclic) bond motifs is 2. The monoisotopic (exact) mass is 538 g/mol. The van der Waals surface area contributed by atoms with Crippen molar-refractivity contribution in [3.8, 4) is 16.9 Å². The second kappa shape index (κ2) is 8.59. The normalized spacial score (nSPS) is 16.7. The van der Waals surface area contributed by atoms with Crippen LogP contribution in [0.3, 0.4) is 0 Å². The summed E-state index contributed by atoms with van der Waals surface area (Å²) in [5, 5.41) is 3.84. The minimum atomic E-state index is -3.99. The van der Waals surface area contributed by atoms with E-state index in [1.54, 1.807) is 0 Å². The number of imidazole rings is 1. The Kier molecular flexibility index (Phi) is 5.75. The number of ether oxygens (including phenoxy) is 1. The molecule has 2 aromatic heterocycles. The summed E-state index contributed by atoms with van der Waals surface area (Å²) in [5.41, 5.74) is -1.78. The van der Waals surface area contributed by atoms with Gasteiger partial charge in [0.05, 0.1) is 30.0 Å². The highest BCUT2D eigenvalue weighted by Gasteiger charge is 2.52. The summed E-state index contributed by atoms with van der Waals surface area (Å²) >= 11 is 0. The maximum Gasteiger partial charge on any atom is 0.334 e. The summed E-state index contributed by atoms with van der Waals surface area (Å²) in [4.78, 5) is 13.1. The maximum atomic E-state index is 15.0. The molecule has 5 rings (SSSR count). The molecule has 9 nitrogen and oxygen atoms in total. The molecule has 0 bridgehead atoms. The van der Waals surface area contributed by atoms with E-state index >= 15 is 8.78 Å². The van der Waals surface area contributed by atoms with Gasteiger partial charge in [-0.3, -0.25) is 4.57 Å². The van der Waals surface area contributed by atoms with Gasteiger partial charge in [-0.25, -0.2) is 31.3 Å². The van der Waals surface area contributed by atoms with Gasteiger partial charge in [0.25, 0.3) is 0 Å². The van der Waals surface area contributed by atoms with Crippen LogP contribution in [-0.4, -0.2) is 35.0 Å². The molecular formula is C23H18F4N4O5S. The van der Waals surface area contributed by atoms with Gasteiger partial charge >= 0.3 is 11.6 Å². The smallest absolute Gasteiger partial charge is 0.334 e. The first kappa shape index (κ1) is 24.8. The first-order valence-corrected chi connectivity index (χ1v) is 12.6. The number of sulfonamides is 1. The van der Waals surface area contributed by atoms with Crippen LogP contribution in [0.5, 0.6) is 0 Å². The Bertz CT molecular complexity index is 1700. The van der Waals surface area contributed by atoms with E-state index in [1.165, 1.54) is 24.5 Å². The van der Waals surface area contributed by atoms with Gasteiger partial charge in [0.15, 0.2) is 11.4 Å². The Labute approximate surface area is 206 Å². The van der Waals surface area contributed by atoms with Crippen LogP contribution in [0, 0.1) is 11.6 Å². The second-order valence-electron chi connectivity index (χ2n) is 8.44. The number of hydrogen-bond acceptors (Lipinski definition) is 6. The number of rotatable bonds is 7. The Morgan fingerprint density at radius 2 is 2.00 bits per heavy atom. The van der Waals surface area contributed by atoms with E-state index in [2.05, 4.69) is 11.7 Å². The molecule has 4 aromatic rings. The molecule has 0 unspecified atom stereocenters. The highest BCUT2D eigenvalue weighted by Crippen LogP contribution is 2.40. The van der Waals surface area contributed by atoms with Crippen molar-refractivity contribution in [3.05, 3.63) is 82.7 Å². The molecule has 1 atom stereocenters. The lowest BCUT2D eigenvalue weighted by Crippen LogP contribution is -2.44. The predicted molar refractivity (Wildman–Crippen MR) is 124 cm³/mol. The van der Waals surface area contributed by atoms with Crippen molar-refractivity contribution in [1.82, 2.24) is 19.0 Å². The minimum absolute atomic E-state index is 0.00754. The van der Waals surface area contributed by atoms with Crippen molar-refractivity contribution in [2.24, 2.45) is 0 Å². The fraction of sp³-hybridized carbons (Fsp3) is 0.217. The summed E-state index contributed by atoms with van der Waals surface area (Å²) in [6, 6.07) is 4.26. The number of hydrogen-bond donors (Lipinski definition) is 1. The van der Waals surface area contributed by atoms with Crippen LogP contribution in [0.1, 0.15) is 11.3 Å². The first-order chi connectivity index (χ1) is 17.4. The molecule has 0 saturated carbocycles. The molecule has 0 spiro atoms. The Morgan fingerprint density at radius 1 is 1.30 bits per heavy atom. The number of alkyl halides is 2. The van der Waals surface area contributed by atoms with E-state index in [1.807, 2.05) is 4.72 Å². The molecule has 2 aromatic carbocycles. The molecule has 194 valence electrons. The van der Waals surface area contributed by atoms with Crippen LogP contribution in [0.4, 0.5) is 17.6 Å². The highest BCUT2D eigenvalue weighted by atomic mass is 32.2. The highest BCUT2D eigenvalue weighted by molar-refractivity contribution is 7.88. The summed E-state index contributed by atoms with van der Waals surface area (Å²) in [7, 11) is -3.99. The van der Waals surface area contributed by atoms with Crippen LogP contribution < -0.4 is 10.4 Å². The van der Waals surface area contributed by atoms with Crippen molar-refractivity contribution in [3.63, 3.8) is 0 Å². The first-order valence-electron chi connectivity index (χ1n) is 10.7. The summed E-state index contributed by atoms with van der Waals surface area (Å²) in [6.45, 7) is 2.77. The maximum absolute atomic E-state index is 15.0. The minimum Gasteiger partial charge on any atom is -0.497 e. The van der Waals surface area contributed by atoms with Crippen molar-refractivity contribution in [1.29, 1.82) is 0 Å². The van der Waals surface area contributed by atoms with E-state index < -0.39 is 57.1 Å². The molecule has 1 aliphatic heterocycles. The number of nitrogens with zero attached hydrogens (tertiary/aromatic N) is 3. The molecule has 37 heavy (non-hydrogen) atoms. The summed E-state index contributed by atoms with van der Waals surface area (Å²) < 4.78 is 96.6. The number of halogens is 4. The number of benzene rings is 2. The Balaban J connectivity index is 1.72. The van der Waals surface area contributed by atoms with Gasteiger partial charge in [-0.2, -0.15) is 8.78 Å². The van der Waals surface area contributed by atoms with Gasteiger partial charge in [0.1, 0.15) is 30.0 Å². The number of nitrogens with one attached hydrogen (secondary N) is 1. The van der Waals surface area contributed by atoms with Crippen molar-refractivity contribution in [2.45, 2.75) is 25.1 Å². The van der Waals surface area contributed by atoms with Crippen LogP contribution in [0.2, 0.25) is 0 Å². The topological polar surface area (TPSA) is 108 Å². The SMILES string of the molecule is C=COCc1cc(-c2c(F)cccc2F)c2c(-n3cc4n(c3=O)C[C@@H](NS(C)(=O)=O)C4(F)F)noc2c1. The van der Waals surface area contributed by atoms with E-state index in [0.717, 1.165) is 29.2 Å². The van der Waals surface area contributed by atoms with Gasteiger partial charge in [0.2, 0.25) is 10.0 Å². The largest absolute Gasteiger partial charge is 0.497 e. The lowest BCUT2D eigenvalue weighted by molar-refractivity contribution is -0.0248. The lowest BCUT2D eigenvalue weighted by atomic mass is 9.98. The average molecular weight is 538 g/mol. The van der Waals surface area contributed by atoms with Crippen LogP contribution >= 0.6 is 0 Å². The van der Waals surface area contributed by atoms with Crippen LogP contribution in [0.25, 0.3) is 27.9 Å². The number of aromatic nitrogens is 3. The molecule has 3 heterocycles. The molecule has 0 radical (unpaired) electrons. The van der Waals surface area contributed by atoms with E-state index in [4.69, 9.17) is 9.26 Å². The summed E-state index contributed by atoms with van der Waals surface area (Å²) in [5.74, 6) is -5.84. The van der Waals surface area contributed by atoms with Gasteiger partial charge in [-0.15, -0.1) is 0 Å². The zero-order valence-electron chi connectivity index (χ0n) is 19.0. The third kappa shape index (κ3) is 4.11. The molecule has 1 N–H and O–H groups in total. The molecule has 0 fully saturated rings. The van der Waals surface area contributed by atoms with Crippen molar-refractivity contribution >= 4 is 21.0 Å². The molecule has 0 saturated heterocycles. The third-order valence-electron chi connectivity index (χ3n) is 5.92. The van der Waals surface area contributed by atoms with Crippen LogP contribution in [0.15, 0.2) is 58.7 Å². The fourth-order valence-corrected chi connectivity index (χ4v) is 5.13. The van der Waals surface area contributed by atoms with E-state index in [-0.39, 0.29) is 29.0 Å². The average Bonchev–Trinajstić information content (AvgIpc) is 3.44.